The van der Waals surface area contributed by atoms with Crippen molar-refractivity contribution in [3.63, 3.8) is 0 Å². The summed E-state index contributed by atoms with van der Waals surface area (Å²) in [5.41, 5.74) is 1.55. The average molecular weight is 286 g/mol. The number of aryl methyl sites for hydroxylation is 1. The van der Waals surface area contributed by atoms with Gasteiger partial charge in [0, 0.05) is 0 Å². The van der Waals surface area contributed by atoms with E-state index < -0.39 is 5.54 Å². The molecule has 2 unspecified atom stereocenters. The van der Waals surface area contributed by atoms with Crippen molar-refractivity contribution in [2.75, 3.05) is 6.54 Å². The smallest absolute Gasteiger partial charge is 0.249 e. The Morgan fingerprint density at radius 3 is 2.43 bits per heavy atom. The van der Waals surface area contributed by atoms with Gasteiger partial charge in [-0.2, -0.15) is 0 Å². The van der Waals surface area contributed by atoms with E-state index >= 15 is 0 Å². The molecule has 0 spiro atoms. The number of nitrogens with one attached hydrogen (secondary N) is 1. The van der Waals surface area contributed by atoms with Crippen LogP contribution in [0.4, 0.5) is 0 Å². The summed E-state index contributed by atoms with van der Waals surface area (Å²) in [6, 6.07) is 8.07. The second kappa shape index (κ2) is 4.86. The molecule has 0 aromatic heterocycles. The maximum atomic E-state index is 12.9. The number of hydrogen-bond acceptors (Lipinski definition) is 2. The van der Waals surface area contributed by atoms with E-state index in [0.717, 1.165) is 18.4 Å². The minimum atomic E-state index is -0.714. The van der Waals surface area contributed by atoms with Crippen molar-refractivity contribution in [1.29, 1.82) is 0 Å². The van der Waals surface area contributed by atoms with E-state index in [1.165, 1.54) is 5.56 Å². The fraction of sp³-hybridized carbons (Fsp3) is 0.529. The first-order valence-electron chi connectivity index (χ1n) is 7.60. The second-order valence-corrected chi connectivity index (χ2v) is 6.54. The third kappa shape index (κ3) is 2.43. The van der Waals surface area contributed by atoms with Crippen LogP contribution in [-0.2, 0) is 9.59 Å². The average Bonchev–Trinajstić information content (AvgIpc) is 3.28. The Kier molecular flexibility index (Phi) is 3.27. The first kappa shape index (κ1) is 14.1. The van der Waals surface area contributed by atoms with E-state index in [1.807, 2.05) is 45.0 Å². The van der Waals surface area contributed by atoms with Crippen molar-refractivity contribution < 1.29 is 9.59 Å². The molecule has 1 aromatic rings. The van der Waals surface area contributed by atoms with Crippen LogP contribution in [0.15, 0.2) is 24.3 Å². The highest BCUT2D eigenvalue weighted by atomic mass is 16.2. The molecule has 21 heavy (non-hydrogen) atoms. The topological polar surface area (TPSA) is 49.4 Å². The van der Waals surface area contributed by atoms with Gasteiger partial charge in [0.1, 0.15) is 12.1 Å². The van der Waals surface area contributed by atoms with Crippen LogP contribution in [0.1, 0.15) is 43.9 Å². The number of benzene rings is 1. The third-order valence-electron chi connectivity index (χ3n) is 4.84. The molecule has 2 aliphatic rings. The standard InChI is InChI=1S/C17H22N2O2/c1-11-4-6-13(7-5-11)12(2)19-10-15(20)18-17(3,16(19)21)14-8-9-14/h4-7,12,14H,8-10H2,1-3H3,(H,18,20). The lowest BCUT2D eigenvalue weighted by Gasteiger charge is -2.42. The minimum Gasteiger partial charge on any atom is -0.340 e. The van der Waals surface area contributed by atoms with Gasteiger partial charge in [0.2, 0.25) is 11.8 Å². The van der Waals surface area contributed by atoms with Crippen LogP contribution in [0.3, 0.4) is 0 Å². The van der Waals surface area contributed by atoms with E-state index in [-0.39, 0.29) is 24.4 Å². The Morgan fingerprint density at radius 1 is 1.24 bits per heavy atom. The Balaban J connectivity index is 1.87. The lowest BCUT2D eigenvalue weighted by Crippen LogP contribution is -2.66. The van der Waals surface area contributed by atoms with Crippen LogP contribution >= 0.6 is 0 Å². The summed E-state index contributed by atoms with van der Waals surface area (Å²) in [6.45, 7) is 6.06. The largest absolute Gasteiger partial charge is 0.340 e. The van der Waals surface area contributed by atoms with E-state index in [2.05, 4.69) is 5.32 Å². The molecular formula is C17H22N2O2. The zero-order valence-electron chi connectivity index (χ0n) is 12.8. The van der Waals surface area contributed by atoms with Crippen molar-refractivity contribution >= 4 is 11.8 Å². The van der Waals surface area contributed by atoms with Gasteiger partial charge in [-0.3, -0.25) is 9.59 Å². The van der Waals surface area contributed by atoms with Crippen molar-refractivity contribution in [2.45, 2.75) is 45.2 Å². The highest BCUT2D eigenvalue weighted by Gasteiger charge is 2.53. The number of amides is 2. The van der Waals surface area contributed by atoms with Gasteiger partial charge in [-0.1, -0.05) is 29.8 Å². The van der Waals surface area contributed by atoms with Crippen LogP contribution in [0, 0.1) is 12.8 Å². The lowest BCUT2D eigenvalue weighted by atomic mass is 9.90. The molecule has 1 saturated heterocycles. The lowest BCUT2D eigenvalue weighted by molar-refractivity contribution is -0.152. The summed E-state index contributed by atoms with van der Waals surface area (Å²) >= 11 is 0. The molecule has 1 saturated carbocycles. The molecule has 112 valence electrons. The third-order valence-corrected chi connectivity index (χ3v) is 4.84. The predicted octanol–water partition coefficient (Wildman–Crippen LogP) is 2.18. The number of nitrogens with zero attached hydrogens (tertiary/aromatic N) is 1. The van der Waals surface area contributed by atoms with Crippen molar-refractivity contribution in [3.05, 3.63) is 35.4 Å². The fourth-order valence-electron chi connectivity index (χ4n) is 3.18. The maximum absolute atomic E-state index is 12.9. The van der Waals surface area contributed by atoms with Gasteiger partial charge >= 0.3 is 0 Å². The van der Waals surface area contributed by atoms with E-state index in [0.29, 0.717) is 5.92 Å². The monoisotopic (exact) mass is 286 g/mol. The van der Waals surface area contributed by atoms with E-state index in [1.54, 1.807) is 4.90 Å². The molecule has 1 aliphatic heterocycles. The first-order valence-corrected chi connectivity index (χ1v) is 7.60. The van der Waals surface area contributed by atoms with Gasteiger partial charge in [0.05, 0.1) is 6.04 Å². The molecule has 1 aliphatic carbocycles. The van der Waals surface area contributed by atoms with Crippen LogP contribution in [0.25, 0.3) is 0 Å². The summed E-state index contributed by atoms with van der Waals surface area (Å²) < 4.78 is 0. The Morgan fingerprint density at radius 2 is 1.86 bits per heavy atom. The zero-order valence-corrected chi connectivity index (χ0v) is 12.8. The Bertz CT molecular complexity index is 577. The molecular weight excluding hydrogens is 264 g/mol. The molecule has 1 aromatic carbocycles. The molecule has 4 nitrogen and oxygen atoms in total. The van der Waals surface area contributed by atoms with E-state index in [4.69, 9.17) is 0 Å². The van der Waals surface area contributed by atoms with Crippen molar-refractivity contribution in [1.82, 2.24) is 10.2 Å². The summed E-state index contributed by atoms with van der Waals surface area (Å²) in [5, 5.41) is 2.92. The van der Waals surface area contributed by atoms with Gasteiger partial charge in [-0.25, -0.2) is 0 Å². The first-order chi connectivity index (χ1) is 9.91. The highest BCUT2D eigenvalue weighted by molar-refractivity contribution is 5.98. The molecule has 2 fully saturated rings. The van der Waals surface area contributed by atoms with Gasteiger partial charge in [0.15, 0.2) is 0 Å². The molecule has 2 atom stereocenters. The summed E-state index contributed by atoms with van der Waals surface area (Å²) in [5.74, 6) is 0.294. The van der Waals surface area contributed by atoms with Crippen LogP contribution < -0.4 is 5.32 Å². The molecule has 1 heterocycles. The normalized spacial score (nSPS) is 27.5. The van der Waals surface area contributed by atoms with Gasteiger partial charge in [-0.05, 0) is 45.1 Å². The number of piperazine rings is 1. The zero-order chi connectivity index (χ0) is 15.2. The van der Waals surface area contributed by atoms with Gasteiger partial charge in [0.25, 0.3) is 0 Å². The Hall–Kier alpha value is -1.84. The quantitative estimate of drug-likeness (QED) is 0.926. The fourth-order valence-corrected chi connectivity index (χ4v) is 3.18. The van der Waals surface area contributed by atoms with Gasteiger partial charge in [-0.15, -0.1) is 0 Å². The highest BCUT2D eigenvalue weighted by Crippen LogP contribution is 2.42. The maximum Gasteiger partial charge on any atom is 0.249 e. The Labute approximate surface area is 125 Å². The van der Waals surface area contributed by atoms with Crippen LogP contribution in [0.5, 0.6) is 0 Å². The molecule has 2 amide bonds. The molecule has 1 N–H and O–H groups in total. The van der Waals surface area contributed by atoms with Crippen molar-refractivity contribution in [3.8, 4) is 0 Å². The molecule has 4 heteroatoms. The van der Waals surface area contributed by atoms with Gasteiger partial charge < -0.3 is 10.2 Å². The van der Waals surface area contributed by atoms with Crippen LogP contribution in [-0.4, -0.2) is 28.8 Å². The van der Waals surface area contributed by atoms with Crippen molar-refractivity contribution in [2.24, 2.45) is 5.92 Å². The minimum absolute atomic E-state index is 0.0528. The summed E-state index contributed by atoms with van der Waals surface area (Å²) in [7, 11) is 0. The predicted molar refractivity (Wildman–Crippen MR) is 80.6 cm³/mol. The van der Waals surface area contributed by atoms with Crippen LogP contribution in [0.2, 0.25) is 0 Å². The summed E-state index contributed by atoms with van der Waals surface area (Å²) in [6.07, 6.45) is 2.05. The number of hydrogen-bond donors (Lipinski definition) is 1. The number of rotatable bonds is 3. The molecule has 0 bridgehead atoms. The SMILES string of the molecule is Cc1ccc(C(C)N2CC(=O)NC(C)(C3CC3)C2=O)cc1. The number of carbonyl (C=O) groups excluding carboxylic acids is 2. The summed E-state index contributed by atoms with van der Waals surface area (Å²) in [4.78, 5) is 26.6. The van der Waals surface area contributed by atoms with E-state index in [9.17, 15) is 9.59 Å². The molecule has 3 rings (SSSR count). The second-order valence-electron chi connectivity index (χ2n) is 6.54. The number of carbonyl (C=O) groups is 2. The molecule has 0 radical (unpaired) electrons.